The van der Waals surface area contributed by atoms with Crippen molar-refractivity contribution in [3.63, 3.8) is 0 Å². The largest absolute Gasteiger partial charge is 0.328 e. The van der Waals surface area contributed by atoms with Gasteiger partial charge in [-0.25, -0.2) is 0 Å². The van der Waals surface area contributed by atoms with Crippen LogP contribution in [-0.2, 0) is 4.79 Å². The van der Waals surface area contributed by atoms with Crippen molar-refractivity contribution in [2.75, 3.05) is 11.1 Å². The Bertz CT molecular complexity index is 428. The van der Waals surface area contributed by atoms with Crippen molar-refractivity contribution < 1.29 is 4.79 Å². The Balaban J connectivity index is 0.00000180. The molecule has 0 heterocycles. The molecule has 0 saturated heterocycles. The van der Waals surface area contributed by atoms with Crippen LogP contribution in [0.25, 0.3) is 0 Å². The molecule has 1 saturated carbocycles. The molecule has 1 aliphatic carbocycles. The number of nitrogens with one attached hydrogen (secondary N) is 1. The van der Waals surface area contributed by atoms with Gasteiger partial charge in [0.1, 0.15) is 0 Å². The van der Waals surface area contributed by atoms with E-state index in [1.165, 1.54) is 4.90 Å². The summed E-state index contributed by atoms with van der Waals surface area (Å²) >= 11 is 1.78. The molecular formula is C14H21ClN2OS. The zero-order valence-electron chi connectivity index (χ0n) is 11.1. The average molecular weight is 301 g/mol. The van der Waals surface area contributed by atoms with E-state index in [9.17, 15) is 4.79 Å². The van der Waals surface area contributed by atoms with E-state index in [1.54, 1.807) is 11.8 Å². The van der Waals surface area contributed by atoms with E-state index in [1.807, 2.05) is 18.2 Å². The number of thioether (sulfide) groups is 1. The molecule has 2 unspecified atom stereocenters. The second-order valence-corrected chi connectivity index (χ2v) is 6.06. The summed E-state index contributed by atoms with van der Waals surface area (Å²) in [5, 5.41) is 3.00. The number of anilines is 1. The standard InChI is InChI=1S/C14H20N2OS.ClH/c1-2-18-13-5-3-4-12(9-13)16-14(17)10-6-7-11(15)8-10;/h3-5,9-11H,2,6-8,15H2,1H3,(H,16,17);1H. The van der Waals surface area contributed by atoms with Crippen LogP contribution in [0.5, 0.6) is 0 Å². The molecule has 3 N–H and O–H groups in total. The summed E-state index contributed by atoms with van der Waals surface area (Å²) in [5.74, 6) is 1.23. The van der Waals surface area contributed by atoms with Crippen molar-refractivity contribution in [2.24, 2.45) is 11.7 Å². The Kier molecular flexibility index (Phi) is 6.69. The van der Waals surface area contributed by atoms with Gasteiger partial charge in [0.2, 0.25) is 5.91 Å². The quantitative estimate of drug-likeness (QED) is 0.839. The second-order valence-electron chi connectivity index (χ2n) is 4.72. The first kappa shape index (κ1) is 16.3. The maximum absolute atomic E-state index is 12.1. The van der Waals surface area contributed by atoms with E-state index in [0.717, 1.165) is 30.7 Å². The van der Waals surface area contributed by atoms with Crippen molar-refractivity contribution >= 4 is 35.8 Å². The van der Waals surface area contributed by atoms with Crippen molar-refractivity contribution in [3.8, 4) is 0 Å². The van der Waals surface area contributed by atoms with Gasteiger partial charge in [-0.3, -0.25) is 4.79 Å². The predicted molar refractivity (Wildman–Crippen MR) is 84.0 cm³/mol. The number of halogens is 1. The molecule has 3 nitrogen and oxygen atoms in total. The lowest BCUT2D eigenvalue weighted by molar-refractivity contribution is -0.119. The summed E-state index contributed by atoms with van der Waals surface area (Å²) in [4.78, 5) is 13.2. The van der Waals surface area contributed by atoms with E-state index < -0.39 is 0 Å². The number of benzene rings is 1. The number of carbonyl (C=O) groups is 1. The number of rotatable bonds is 4. The Morgan fingerprint density at radius 2 is 2.26 bits per heavy atom. The van der Waals surface area contributed by atoms with Crippen LogP contribution in [0.1, 0.15) is 26.2 Å². The monoisotopic (exact) mass is 300 g/mol. The van der Waals surface area contributed by atoms with Crippen LogP contribution in [-0.4, -0.2) is 17.7 Å². The molecule has 1 aromatic carbocycles. The lowest BCUT2D eigenvalue weighted by Gasteiger charge is -2.11. The molecule has 0 bridgehead atoms. The number of hydrogen-bond donors (Lipinski definition) is 2. The highest BCUT2D eigenvalue weighted by Gasteiger charge is 2.27. The fourth-order valence-corrected chi connectivity index (χ4v) is 3.05. The molecule has 2 atom stereocenters. The summed E-state index contributed by atoms with van der Waals surface area (Å²) in [6, 6.07) is 8.21. The zero-order valence-corrected chi connectivity index (χ0v) is 12.7. The fourth-order valence-electron chi connectivity index (χ4n) is 2.33. The molecule has 1 fully saturated rings. The molecule has 1 aromatic rings. The third-order valence-corrected chi connectivity index (χ3v) is 4.13. The lowest BCUT2D eigenvalue weighted by Crippen LogP contribution is -2.23. The van der Waals surface area contributed by atoms with Crippen LogP contribution in [0.2, 0.25) is 0 Å². The van der Waals surface area contributed by atoms with Gasteiger partial charge in [0.25, 0.3) is 0 Å². The summed E-state index contributed by atoms with van der Waals surface area (Å²) in [5.41, 5.74) is 6.72. The Morgan fingerprint density at radius 3 is 2.89 bits per heavy atom. The van der Waals surface area contributed by atoms with E-state index in [-0.39, 0.29) is 30.3 Å². The summed E-state index contributed by atoms with van der Waals surface area (Å²) in [7, 11) is 0. The molecule has 0 aliphatic heterocycles. The SMILES string of the molecule is CCSc1cccc(NC(=O)C2CCC(N)C2)c1.Cl. The lowest BCUT2D eigenvalue weighted by atomic mass is 10.1. The molecule has 2 rings (SSSR count). The number of hydrogen-bond acceptors (Lipinski definition) is 3. The maximum atomic E-state index is 12.1. The smallest absolute Gasteiger partial charge is 0.227 e. The fraction of sp³-hybridized carbons (Fsp3) is 0.500. The van der Waals surface area contributed by atoms with Gasteiger partial charge < -0.3 is 11.1 Å². The normalized spacial score (nSPS) is 21.8. The average Bonchev–Trinajstić information content (AvgIpc) is 2.77. The molecule has 0 spiro atoms. The first-order valence-corrected chi connectivity index (χ1v) is 7.47. The molecule has 19 heavy (non-hydrogen) atoms. The van der Waals surface area contributed by atoms with E-state index in [0.29, 0.717) is 0 Å². The molecule has 5 heteroatoms. The van der Waals surface area contributed by atoms with Crippen molar-refractivity contribution in [2.45, 2.75) is 37.1 Å². The molecular weight excluding hydrogens is 280 g/mol. The maximum Gasteiger partial charge on any atom is 0.227 e. The molecule has 1 amide bonds. The van der Waals surface area contributed by atoms with Gasteiger partial charge in [0.15, 0.2) is 0 Å². The summed E-state index contributed by atoms with van der Waals surface area (Å²) < 4.78 is 0. The summed E-state index contributed by atoms with van der Waals surface area (Å²) in [6.07, 6.45) is 2.69. The third kappa shape index (κ3) is 4.71. The third-order valence-electron chi connectivity index (χ3n) is 3.26. The Morgan fingerprint density at radius 1 is 1.47 bits per heavy atom. The van der Waals surface area contributed by atoms with Gasteiger partial charge in [0, 0.05) is 22.5 Å². The summed E-state index contributed by atoms with van der Waals surface area (Å²) in [6.45, 7) is 2.12. The van der Waals surface area contributed by atoms with Crippen LogP contribution in [0.3, 0.4) is 0 Å². The van der Waals surface area contributed by atoms with Crippen molar-refractivity contribution in [3.05, 3.63) is 24.3 Å². The van der Waals surface area contributed by atoms with Gasteiger partial charge in [-0.1, -0.05) is 13.0 Å². The number of amides is 1. The van der Waals surface area contributed by atoms with Gasteiger partial charge in [-0.2, -0.15) is 0 Å². The van der Waals surface area contributed by atoms with Crippen LogP contribution in [0, 0.1) is 5.92 Å². The van der Waals surface area contributed by atoms with E-state index >= 15 is 0 Å². The van der Waals surface area contributed by atoms with Crippen LogP contribution in [0.4, 0.5) is 5.69 Å². The molecule has 106 valence electrons. The van der Waals surface area contributed by atoms with Crippen LogP contribution < -0.4 is 11.1 Å². The minimum atomic E-state index is 0. The van der Waals surface area contributed by atoms with E-state index in [2.05, 4.69) is 18.3 Å². The van der Waals surface area contributed by atoms with Gasteiger partial charge in [0.05, 0.1) is 0 Å². The van der Waals surface area contributed by atoms with Gasteiger partial charge in [-0.05, 0) is 43.2 Å². The topological polar surface area (TPSA) is 55.1 Å². The molecule has 0 radical (unpaired) electrons. The van der Waals surface area contributed by atoms with Crippen molar-refractivity contribution in [1.82, 2.24) is 0 Å². The van der Waals surface area contributed by atoms with Crippen LogP contribution in [0.15, 0.2) is 29.2 Å². The first-order valence-electron chi connectivity index (χ1n) is 6.48. The van der Waals surface area contributed by atoms with Gasteiger partial charge in [-0.15, -0.1) is 24.2 Å². The molecule has 1 aliphatic rings. The highest BCUT2D eigenvalue weighted by Crippen LogP contribution is 2.26. The van der Waals surface area contributed by atoms with Crippen molar-refractivity contribution in [1.29, 1.82) is 0 Å². The number of carbonyl (C=O) groups excluding carboxylic acids is 1. The molecule has 0 aromatic heterocycles. The Labute approximate surface area is 125 Å². The zero-order chi connectivity index (χ0) is 13.0. The second kappa shape index (κ2) is 7.78. The highest BCUT2D eigenvalue weighted by atomic mass is 35.5. The first-order chi connectivity index (χ1) is 8.69. The van der Waals surface area contributed by atoms with E-state index in [4.69, 9.17) is 5.73 Å². The highest BCUT2D eigenvalue weighted by molar-refractivity contribution is 7.99. The minimum absolute atomic E-state index is 0. The minimum Gasteiger partial charge on any atom is -0.328 e. The van der Waals surface area contributed by atoms with Crippen LogP contribution >= 0.6 is 24.2 Å². The number of nitrogens with two attached hydrogens (primary N) is 1. The van der Waals surface area contributed by atoms with Gasteiger partial charge >= 0.3 is 0 Å². The Hall–Kier alpha value is -0.710. The predicted octanol–water partition coefficient (Wildman–Crippen LogP) is 3.29.